The lowest BCUT2D eigenvalue weighted by Gasteiger charge is -2.19. The van der Waals surface area contributed by atoms with Gasteiger partial charge in [0.2, 0.25) is 10.0 Å². The molecular formula is C19H22N2O6S. The number of nitrogens with zero attached hydrogens (tertiary/aromatic N) is 2. The summed E-state index contributed by atoms with van der Waals surface area (Å²) in [6, 6.07) is 10.2. The third kappa shape index (κ3) is 4.55. The Bertz CT molecular complexity index is 984. The zero-order chi connectivity index (χ0) is 20.9. The van der Waals surface area contributed by atoms with E-state index in [2.05, 4.69) is 0 Å². The number of carbonyl (C=O) groups excluding carboxylic acids is 1. The number of benzene rings is 2. The van der Waals surface area contributed by atoms with Gasteiger partial charge in [0.15, 0.2) is 0 Å². The van der Waals surface area contributed by atoms with Crippen molar-refractivity contribution in [1.82, 2.24) is 4.31 Å². The highest BCUT2D eigenvalue weighted by Crippen LogP contribution is 2.22. The van der Waals surface area contributed by atoms with E-state index in [1.54, 1.807) is 26.8 Å². The van der Waals surface area contributed by atoms with Crippen molar-refractivity contribution in [1.29, 1.82) is 0 Å². The maximum absolute atomic E-state index is 12.7. The largest absolute Gasteiger partial charge is 0.457 e. The molecule has 0 atom stereocenters. The quantitative estimate of drug-likeness (QED) is 0.378. The number of nitro benzene ring substituents is 1. The van der Waals surface area contributed by atoms with Gasteiger partial charge in [-0.2, -0.15) is 4.31 Å². The Morgan fingerprint density at radius 1 is 1.14 bits per heavy atom. The van der Waals surface area contributed by atoms with Gasteiger partial charge in [0.1, 0.15) is 6.61 Å². The van der Waals surface area contributed by atoms with E-state index in [9.17, 15) is 23.3 Å². The standard InChI is InChI=1S/C19H22N2O6S/c1-4-20(5-2)28(25,26)16-11-10-14(3)17(12-16)19(22)27-13-15-8-6-7-9-18(15)21(23)24/h6-12H,4-5,13H2,1-3H3. The first kappa shape index (κ1) is 21.5. The summed E-state index contributed by atoms with van der Waals surface area (Å²) in [7, 11) is -3.72. The van der Waals surface area contributed by atoms with E-state index in [1.165, 1.54) is 40.7 Å². The second-order valence-electron chi connectivity index (χ2n) is 6.03. The molecule has 9 heteroatoms. The van der Waals surface area contributed by atoms with Gasteiger partial charge in [-0.15, -0.1) is 0 Å². The number of hydrogen-bond acceptors (Lipinski definition) is 6. The van der Waals surface area contributed by atoms with Crippen molar-refractivity contribution in [2.45, 2.75) is 32.3 Å². The Hall–Kier alpha value is -2.78. The lowest BCUT2D eigenvalue weighted by atomic mass is 10.1. The summed E-state index contributed by atoms with van der Waals surface area (Å²) in [5.41, 5.74) is 0.758. The average molecular weight is 406 g/mol. The normalized spacial score (nSPS) is 11.4. The molecule has 0 aromatic heterocycles. The van der Waals surface area contributed by atoms with Crippen LogP contribution in [0.1, 0.15) is 35.3 Å². The molecule has 0 N–H and O–H groups in total. The average Bonchev–Trinajstić information content (AvgIpc) is 2.67. The molecule has 150 valence electrons. The third-order valence-corrected chi connectivity index (χ3v) is 6.37. The monoisotopic (exact) mass is 406 g/mol. The van der Waals surface area contributed by atoms with Gasteiger partial charge < -0.3 is 4.74 Å². The molecule has 28 heavy (non-hydrogen) atoms. The molecule has 2 rings (SSSR count). The van der Waals surface area contributed by atoms with Crippen molar-refractivity contribution in [3.8, 4) is 0 Å². The van der Waals surface area contributed by atoms with Crippen LogP contribution in [0.3, 0.4) is 0 Å². The SMILES string of the molecule is CCN(CC)S(=O)(=O)c1ccc(C)c(C(=O)OCc2ccccc2[N+](=O)[O-])c1. The Balaban J connectivity index is 2.28. The predicted molar refractivity (Wildman–Crippen MR) is 104 cm³/mol. The van der Waals surface area contributed by atoms with Crippen molar-refractivity contribution < 1.29 is 22.9 Å². The van der Waals surface area contributed by atoms with Gasteiger partial charge in [-0.05, 0) is 30.7 Å². The van der Waals surface area contributed by atoms with Crippen LogP contribution < -0.4 is 0 Å². The van der Waals surface area contributed by atoms with Crippen LogP contribution in [0.15, 0.2) is 47.4 Å². The Labute approximate surface area is 163 Å². The van der Waals surface area contributed by atoms with Crippen LogP contribution in [0.2, 0.25) is 0 Å². The molecule has 0 fully saturated rings. The first-order chi connectivity index (χ1) is 13.2. The molecule has 2 aromatic carbocycles. The summed E-state index contributed by atoms with van der Waals surface area (Å²) in [5.74, 6) is -0.743. The van der Waals surface area contributed by atoms with Gasteiger partial charge in [0.05, 0.1) is 20.9 Å². The molecule has 0 heterocycles. The maximum Gasteiger partial charge on any atom is 0.338 e. The summed E-state index contributed by atoms with van der Waals surface area (Å²) in [5, 5.41) is 11.1. The van der Waals surface area contributed by atoms with Gasteiger partial charge in [-0.25, -0.2) is 13.2 Å². The number of aryl methyl sites for hydroxylation is 1. The van der Waals surface area contributed by atoms with Gasteiger partial charge in [-0.1, -0.05) is 32.0 Å². The Morgan fingerprint density at radius 3 is 2.39 bits per heavy atom. The molecule has 2 aromatic rings. The van der Waals surface area contributed by atoms with E-state index in [0.29, 0.717) is 18.7 Å². The lowest BCUT2D eigenvalue weighted by molar-refractivity contribution is -0.385. The van der Waals surface area contributed by atoms with Crippen LogP contribution in [0.5, 0.6) is 0 Å². The van der Waals surface area contributed by atoms with Crippen LogP contribution in [0.4, 0.5) is 5.69 Å². The summed E-state index contributed by atoms with van der Waals surface area (Å²) >= 11 is 0. The molecule has 0 aliphatic rings. The fraction of sp³-hybridized carbons (Fsp3) is 0.316. The maximum atomic E-state index is 12.7. The summed E-state index contributed by atoms with van der Waals surface area (Å²) < 4.78 is 31.9. The van der Waals surface area contributed by atoms with Crippen molar-refractivity contribution in [3.63, 3.8) is 0 Å². The van der Waals surface area contributed by atoms with E-state index in [-0.39, 0.29) is 28.3 Å². The van der Waals surface area contributed by atoms with Crippen molar-refractivity contribution >= 4 is 21.7 Å². The summed E-state index contributed by atoms with van der Waals surface area (Å²) in [6.07, 6.45) is 0. The van der Waals surface area contributed by atoms with Gasteiger partial charge in [-0.3, -0.25) is 10.1 Å². The van der Waals surface area contributed by atoms with Crippen LogP contribution in [0, 0.1) is 17.0 Å². The fourth-order valence-corrected chi connectivity index (χ4v) is 4.21. The van der Waals surface area contributed by atoms with Gasteiger partial charge in [0.25, 0.3) is 5.69 Å². The predicted octanol–water partition coefficient (Wildman–Crippen LogP) is 3.29. The van der Waals surface area contributed by atoms with E-state index >= 15 is 0 Å². The molecule has 0 saturated heterocycles. The van der Waals surface area contributed by atoms with Crippen LogP contribution in [0.25, 0.3) is 0 Å². The molecule has 0 spiro atoms. The van der Waals surface area contributed by atoms with Crippen LogP contribution in [-0.2, 0) is 21.4 Å². The smallest absolute Gasteiger partial charge is 0.338 e. The Kier molecular flexibility index (Phi) is 6.87. The first-order valence-corrected chi connectivity index (χ1v) is 10.2. The van der Waals surface area contributed by atoms with Crippen LogP contribution >= 0.6 is 0 Å². The highest BCUT2D eigenvalue weighted by Gasteiger charge is 2.24. The summed E-state index contributed by atoms with van der Waals surface area (Å²) in [6.45, 7) is 5.46. The van der Waals surface area contributed by atoms with Crippen molar-refractivity contribution in [2.24, 2.45) is 0 Å². The number of para-hydroxylation sites is 1. The molecule has 0 amide bonds. The second kappa shape index (κ2) is 8.94. The molecule has 0 radical (unpaired) electrons. The van der Waals surface area contributed by atoms with E-state index in [1.807, 2.05) is 0 Å². The summed E-state index contributed by atoms with van der Waals surface area (Å²) in [4.78, 5) is 23.0. The second-order valence-corrected chi connectivity index (χ2v) is 7.97. The molecule has 0 unspecified atom stereocenters. The van der Waals surface area contributed by atoms with E-state index in [0.717, 1.165) is 0 Å². The Morgan fingerprint density at radius 2 is 1.79 bits per heavy atom. The zero-order valence-corrected chi connectivity index (χ0v) is 16.7. The van der Waals surface area contributed by atoms with E-state index < -0.39 is 20.9 Å². The fourth-order valence-electron chi connectivity index (χ4n) is 2.73. The molecule has 8 nitrogen and oxygen atoms in total. The number of nitro groups is 1. The number of esters is 1. The topological polar surface area (TPSA) is 107 Å². The van der Waals surface area contributed by atoms with Crippen molar-refractivity contribution in [2.75, 3.05) is 13.1 Å². The molecular weight excluding hydrogens is 384 g/mol. The minimum atomic E-state index is -3.72. The van der Waals surface area contributed by atoms with E-state index in [4.69, 9.17) is 4.74 Å². The number of carbonyl (C=O) groups is 1. The molecule has 0 aliphatic carbocycles. The number of rotatable bonds is 8. The zero-order valence-electron chi connectivity index (χ0n) is 15.9. The van der Waals surface area contributed by atoms with Crippen LogP contribution in [-0.4, -0.2) is 36.7 Å². The number of sulfonamides is 1. The minimum absolute atomic E-state index is 0.000517. The van der Waals surface area contributed by atoms with Gasteiger partial charge in [0, 0.05) is 19.2 Å². The van der Waals surface area contributed by atoms with Gasteiger partial charge >= 0.3 is 5.97 Å². The third-order valence-electron chi connectivity index (χ3n) is 4.32. The number of ether oxygens (including phenoxy) is 1. The number of hydrogen-bond donors (Lipinski definition) is 0. The first-order valence-electron chi connectivity index (χ1n) is 8.72. The van der Waals surface area contributed by atoms with Crippen molar-refractivity contribution in [3.05, 3.63) is 69.3 Å². The highest BCUT2D eigenvalue weighted by atomic mass is 32.2. The lowest BCUT2D eigenvalue weighted by Crippen LogP contribution is -2.30. The highest BCUT2D eigenvalue weighted by molar-refractivity contribution is 7.89. The minimum Gasteiger partial charge on any atom is -0.457 e. The molecule has 0 saturated carbocycles. The molecule has 0 aliphatic heterocycles. The molecule has 0 bridgehead atoms.